The van der Waals surface area contributed by atoms with Crippen molar-refractivity contribution in [1.29, 1.82) is 0 Å². The molecule has 2 rings (SSSR count). The maximum Gasteiger partial charge on any atom is 0.416 e. The lowest BCUT2D eigenvalue weighted by Gasteiger charge is -2.16. The van der Waals surface area contributed by atoms with Crippen LogP contribution in [0.4, 0.5) is 24.8 Å². The minimum Gasteiger partial charge on any atom is -0.325 e. The van der Waals surface area contributed by atoms with Crippen LogP contribution in [0.25, 0.3) is 0 Å². The van der Waals surface area contributed by atoms with Crippen LogP contribution in [0.2, 0.25) is 0 Å². The lowest BCUT2D eigenvalue weighted by Crippen LogP contribution is -2.42. The number of nitrogens with one attached hydrogen (secondary N) is 1. The van der Waals surface area contributed by atoms with Crippen molar-refractivity contribution < 1.29 is 13.2 Å². The summed E-state index contributed by atoms with van der Waals surface area (Å²) in [4.78, 5) is 29.8. The van der Waals surface area contributed by atoms with Crippen molar-refractivity contribution in [2.24, 2.45) is 0 Å². The van der Waals surface area contributed by atoms with E-state index in [1.807, 2.05) is 0 Å². The van der Waals surface area contributed by atoms with Crippen LogP contribution in [-0.4, -0.2) is 14.1 Å². The molecule has 0 aliphatic heterocycles. The zero-order valence-electron chi connectivity index (χ0n) is 19.2. The highest BCUT2D eigenvalue weighted by Gasteiger charge is 2.30. The van der Waals surface area contributed by atoms with E-state index in [0.29, 0.717) is 17.0 Å². The molecule has 0 radical (unpaired) electrons. The minimum absolute atomic E-state index is 0.0418. The van der Waals surface area contributed by atoms with E-state index in [0.717, 1.165) is 36.0 Å². The van der Waals surface area contributed by atoms with Gasteiger partial charge in [-0.25, -0.2) is 14.2 Å². The monoisotopic (exact) mass is 496 g/mol. The molecular weight excluding hydrogens is 469 g/mol. The van der Waals surface area contributed by atoms with Crippen LogP contribution in [0.15, 0.2) is 69.3 Å². The molecule has 0 aliphatic rings. The van der Waals surface area contributed by atoms with E-state index in [-0.39, 0.29) is 24.7 Å². The molecule has 1 aromatic heterocycles. The lowest BCUT2D eigenvalue weighted by molar-refractivity contribution is -0.137. The van der Waals surface area contributed by atoms with E-state index in [1.165, 1.54) is 22.8 Å². The summed E-state index contributed by atoms with van der Waals surface area (Å²) >= 11 is 5.93. The summed E-state index contributed by atoms with van der Waals surface area (Å²) in [7, 11) is 0. The summed E-state index contributed by atoms with van der Waals surface area (Å²) in [6.45, 7) is 7.62. The van der Waals surface area contributed by atoms with E-state index >= 15 is 0 Å². The average molecular weight is 497 g/mol. The van der Waals surface area contributed by atoms with Crippen LogP contribution in [0.1, 0.15) is 45.1 Å². The molecule has 0 bridgehead atoms. The first-order valence-electron chi connectivity index (χ1n) is 10.9. The van der Waals surface area contributed by atoms with Crippen LogP contribution in [0, 0.1) is 0 Å². The standard InChI is InChI=1S/C24H28ClF3N4O2/c1-4-6-7-8-14-31-22(33)30-21(29-20-11-9-10-18(15-20)24(26,27)28)32(23(31)34)16-17(3)12-13-19(25)5-2/h5,9-13,15H,2,4,6-8,14,16H2,1,3H3,(H,29,30,33)/b17-12+,19-13+. The number of unbranched alkanes of at least 4 members (excludes halogenated alkanes) is 3. The van der Waals surface area contributed by atoms with Crippen molar-refractivity contribution in [1.82, 2.24) is 14.1 Å². The Morgan fingerprint density at radius 2 is 1.91 bits per heavy atom. The topological polar surface area (TPSA) is 68.9 Å². The second-order valence-corrected chi connectivity index (χ2v) is 8.21. The van der Waals surface area contributed by atoms with Crippen molar-refractivity contribution in [2.45, 2.75) is 58.8 Å². The predicted octanol–water partition coefficient (Wildman–Crippen LogP) is 6.00. The Kier molecular flexibility index (Phi) is 9.92. The van der Waals surface area contributed by atoms with Crippen LogP contribution in [0.5, 0.6) is 0 Å². The lowest BCUT2D eigenvalue weighted by atomic mass is 10.2. The van der Waals surface area contributed by atoms with E-state index in [2.05, 4.69) is 23.8 Å². The number of halogens is 4. The Hall–Kier alpha value is -3.07. The van der Waals surface area contributed by atoms with Gasteiger partial charge in [-0.2, -0.15) is 18.2 Å². The molecule has 0 amide bonds. The molecule has 0 saturated carbocycles. The molecule has 0 fully saturated rings. The van der Waals surface area contributed by atoms with Gasteiger partial charge in [0.25, 0.3) is 0 Å². The van der Waals surface area contributed by atoms with Gasteiger partial charge in [0.15, 0.2) is 0 Å². The van der Waals surface area contributed by atoms with Crippen molar-refractivity contribution >= 4 is 23.2 Å². The van der Waals surface area contributed by atoms with Gasteiger partial charge >= 0.3 is 17.6 Å². The predicted molar refractivity (Wildman–Crippen MR) is 130 cm³/mol. The summed E-state index contributed by atoms with van der Waals surface area (Å²) in [5, 5.41) is 3.10. The van der Waals surface area contributed by atoms with Crippen LogP contribution in [0.3, 0.4) is 0 Å². The molecule has 1 N–H and O–H groups in total. The highest BCUT2D eigenvalue weighted by atomic mass is 35.5. The summed E-state index contributed by atoms with van der Waals surface area (Å²) in [6, 6.07) is 4.46. The zero-order chi connectivity index (χ0) is 25.3. The van der Waals surface area contributed by atoms with E-state index in [1.54, 1.807) is 19.1 Å². The molecule has 184 valence electrons. The third-order valence-electron chi connectivity index (χ3n) is 4.96. The SMILES string of the molecule is C=C/C(Cl)=C\C=C(/C)Cn1c(Nc2cccc(C(F)(F)F)c2)nc(=O)n(CCCCCC)c1=O. The number of aromatic nitrogens is 3. The van der Waals surface area contributed by atoms with Crippen molar-refractivity contribution in [3.63, 3.8) is 0 Å². The molecular formula is C24H28ClF3N4O2. The number of nitrogens with zero attached hydrogens (tertiary/aromatic N) is 3. The zero-order valence-corrected chi connectivity index (χ0v) is 19.9. The molecule has 0 spiro atoms. The summed E-state index contributed by atoms with van der Waals surface area (Å²) in [5.74, 6) is -0.148. The Morgan fingerprint density at radius 1 is 1.18 bits per heavy atom. The van der Waals surface area contributed by atoms with Gasteiger partial charge in [0.05, 0.1) is 12.1 Å². The van der Waals surface area contributed by atoms with Gasteiger partial charge < -0.3 is 5.32 Å². The van der Waals surface area contributed by atoms with Crippen LogP contribution >= 0.6 is 11.6 Å². The number of hydrogen-bond donors (Lipinski definition) is 1. The van der Waals surface area contributed by atoms with E-state index in [4.69, 9.17) is 11.6 Å². The fourth-order valence-electron chi connectivity index (χ4n) is 3.15. The fourth-order valence-corrected chi connectivity index (χ4v) is 3.21. The fraction of sp³-hybridized carbons (Fsp3) is 0.375. The van der Waals surface area contributed by atoms with Gasteiger partial charge in [0, 0.05) is 17.3 Å². The molecule has 10 heteroatoms. The minimum atomic E-state index is -4.54. The quantitative estimate of drug-likeness (QED) is 0.306. The smallest absolute Gasteiger partial charge is 0.325 e. The number of anilines is 2. The number of rotatable bonds is 11. The van der Waals surface area contributed by atoms with E-state index < -0.39 is 23.1 Å². The van der Waals surface area contributed by atoms with Crippen LogP contribution in [-0.2, 0) is 19.3 Å². The van der Waals surface area contributed by atoms with Crippen molar-refractivity contribution in [3.05, 3.63) is 86.2 Å². The number of alkyl halides is 3. The van der Waals surface area contributed by atoms with Gasteiger partial charge in [0.2, 0.25) is 5.95 Å². The molecule has 0 aliphatic carbocycles. The second-order valence-electron chi connectivity index (χ2n) is 7.77. The maximum atomic E-state index is 13.2. The third-order valence-corrected chi connectivity index (χ3v) is 5.24. The molecule has 0 saturated heterocycles. The van der Waals surface area contributed by atoms with Gasteiger partial charge in [-0.05, 0) is 37.6 Å². The summed E-state index contributed by atoms with van der Waals surface area (Å²) in [5.41, 5.74) is -1.48. The molecule has 1 aromatic carbocycles. The Morgan fingerprint density at radius 3 is 2.56 bits per heavy atom. The Labute approximate surface area is 201 Å². The van der Waals surface area contributed by atoms with Crippen molar-refractivity contribution in [3.8, 4) is 0 Å². The molecule has 6 nitrogen and oxygen atoms in total. The highest BCUT2D eigenvalue weighted by Crippen LogP contribution is 2.31. The number of hydrogen-bond acceptors (Lipinski definition) is 4. The van der Waals surface area contributed by atoms with Crippen LogP contribution < -0.4 is 16.7 Å². The average Bonchev–Trinajstić information content (AvgIpc) is 2.79. The summed E-state index contributed by atoms with van der Waals surface area (Å²) in [6.07, 6.45) is 3.67. The largest absolute Gasteiger partial charge is 0.416 e. The molecule has 1 heterocycles. The molecule has 0 unspecified atom stereocenters. The van der Waals surface area contributed by atoms with Gasteiger partial charge in [0.1, 0.15) is 0 Å². The Bertz CT molecular complexity index is 1180. The maximum absolute atomic E-state index is 13.2. The third kappa shape index (κ3) is 7.76. The molecule has 34 heavy (non-hydrogen) atoms. The summed E-state index contributed by atoms with van der Waals surface area (Å²) < 4.78 is 41.6. The molecule has 0 atom stereocenters. The highest BCUT2D eigenvalue weighted by molar-refractivity contribution is 6.31. The first-order valence-corrected chi connectivity index (χ1v) is 11.3. The normalized spacial score (nSPS) is 12.6. The Balaban J connectivity index is 2.51. The second kappa shape index (κ2) is 12.4. The van der Waals surface area contributed by atoms with Crippen molar-refractivity contribution in [2.75, 3.05) is 5.32 Å². The van der Waals surface area contributed by atoms with Gasteiger partial charge in [-0.15, -0.1) is 0 Å². The number of allylic oxidation sites excluding steroid dienone is 5. The first-order chi connectivity index (χ1) is 16.1. The first kappa shape index (κ1) is 27.2. The number of benzene rings is 1. The molecule has 2 aromatic rings. The van der Waals surface area contributed by atoms with Gasteiger partial charge in [-0.1, -0.05) is 68.2 Å². The van der Waals surface area contributed by atoms with Gasteiger partial charge in [-0.3, -0.25) is 4.57 Å². The van der Waals surface area contributed by atoms with E-state index in [9.17, 15) is 22.8 Å².